The summed E-state index contributed by atoms with van der Waals surface area (Å²) < 4.78 is 0. The van der Waals surface area contributed by atoms with Crippen LogP contribution in [-0.4, -0.2) is 53.6 Å². The molecule has 0 radical (unpaired) electrons. The number of rotatable bonds is 2. The molecule has 1 heterocycles. The van der Waals surface area contributed by atoms with Gasteiger partial charge < -0.3 is 9.80 Å². The zero-order chi connectivity index (χ0) is 14.7. The molecule has 0 atom stereocenters. The molecule has 1 aliphatic rings. The van der Waals surface area contributed by atoms with Crippen molar-refractivity contribution in [1.82, 2.24) is 9.80 Å². The van der Waals surface area contributed by atoms with E-state index >= 15 is 0 Å². The van der Waals surface area contributed by atoms with Gasteiger partial charge in [0.2, 0.25) is 11.7 Å². The van der Waals surface area contributed by atoms with E-state index < -0.39 is 11.7 Å². The molecule has 0 aliphatic carbocycles. The summed E-state index contributed by atoms with van der Waals surface area (Å²) in [6, 6.07) is 6.96. The van der Waals surface area contributed by atoms with E-state index in [1.165, 1.54) is 11.8 Å². The van der Waals surface area contributed by atoms with Crippen LogP contribution >= 0.6 is 0 Å². The minimum absolute atomic E-state index is 0.00181. The first-order valence-corrected chi connectivity index (χ1v) is 6.65. The van der Waals surface area contributed by atoms with Crippen LogP contribution in [0.5, 0.6) is 0 Å². The third kappa shape index (κ3) is 3.04. The lowest BCUT2D eigenvalue weighted by molar-refractivity contribution is -0.135. The number of ketones is 1. The highest BCUT2D eigenvalue weighted by Crippen LogP contribution is 2.08. The zero-order valence-corrected chi connectivity index (χ0v) is 11.8. The van der Waals surface area contributed by atoms with Crippen LogP contribution in [0.4, 0.5) is 0 Å². The van der Waals surface area contributed by atoms with E-state index in [2.05, 4.69) is 0 Å². The highest BCUT2D eigenvalue weighted by molar-refractivity contribution is 6.42. The van der Waals surface area contributed by atoms with Crippen LogP contribution in [0.3, 0.4) is 0 Å². The summed E-state index contributed by atoms with van der Waals surface area (Å²) in [4.78, 5) is 38.6. The SMILES string of the molecule is CC(=O)N1CCN(C(=O)C(=O)c2ccc(C)cc2)CC1. The number of aryl methyl sites for hydroxylation is 1. The van der Waals surface area contributed by atoms with Crippen LogP contribution in [0.2, 0.25) is 0 Å². The monoisotopic (exact) mass is 274 g/mol. The fourth-order valence-corrected chi connectivity index (χ4v) is 2.20. The summed E-state index contributed by atoms with van der Waals surface area (Å²) in [5, 5.41) is 0. The molecule has 0 saturated carbocycles. The van der Waals surface area contributed by atoms with E-state index in [0.717, 1.165) is 5.56 Å². The summed E-state index contributed by atoms with van der Waals surface area (Å²) in [6.07, 6.45) is 0. The number of hydrogen-bond acceptors (Lipinski definition) is 3. The Morgan fingerprint density at radius 1 is 0.900 bits per heavy atom. The van der Waals surface area contributed by atoms with Crippen LogP contribution in [0.25, 0.3) is 0 Å². The topological polar surface area (TPSA) is 57.7 Å². The maximum atomic E-state index is 12.1. The normalized spacial score (nSPS) is 15.1. The second-order valence-corrected chi connectivity index (χ2v) is 4.99. The van der Waals surface area contributed by atoms with E-state index in [0.29, 0.717) is 31.7 Å². The Morgan fingerprint density at radius 3 is 1.90 bits per heavy atom. The fourth-order valence-electron chi connectivity index (χ4n) is 2.20. The number of carbonyl (C=O) groups excluding carboxylic acids is 3. The van der Waals surface area contributed by atoms with Gasteiger partial charge in [-0.1, -0.05) is 29.8 Å². The van der Waals surface area contributed by atoms with Gasteiger partial charge in [-0.2, -0.15) is 0 Å². The minimum Gasteiger partial charge on any atom is -0.339 e. The molecular formula is C15H18N2O3. The summed E-state index contributed by atoms with van der Waals surface area (Å²) in [5.41, 5.74) is 1.46. The lowest BCUT2D eigenvalue weighted by Crippen LogP contribution is -2.51. The molecule has 20 heavy (non-hydrogen) atoms. The molecule has 1 aliphatic heterocycles. The summed E-state index contributed by atoms with van der Waals surface area (Å²) in [5.74, 6) is -0.972. The van der Waals surface area contributed by atoms with Gasteiger partial charge in [-0.15, -0.1) is 0 Å². The standard InChI is InChI=1S/C15H18N2O3/c1-11-3-5-13(6-4-11)14(19)15(20)17-9-7-16(8-10-17)12(2)18/h3-6H,7-10H2,1-2H3. The Balaban J connectivity index is 2.00. The fraction of sp³-hybridized carbons (Fsp3) is 0.400. The Morgan fingerprint density at radius 2 is 1.40 bits per heavy atom. The number of carbonyl (C=O) groups is 3. The molecule has 2 rings (SSSR count). The van der Waals surface area contributed by atoms with Crippen LogP contribution in [-0.2, 0) is 9.59 Å². The van der Waals surface area contributed by atoms with Gasteiger partial charge in [-0.25, -0.2) is 0 Å². The molecule has 0 unspecified atom stereocenters. The molecule has 1 aromatic rings. The van der Waals surface area contributed by atoms with Crippen molar-refractivity contribution in [2.45, 2.75) is 13.8 Å². The number of hydrogen-bond donors (Lipinski definition) is 0. The Bertz CT molecular complexity index is 529. The highest BCUT2D eigenvalue weighted by Gasteiger charge is 2.27. The lowest BCUT2D eigenvalue weighted by atomic mass is 10.1. The van der Waals surface area contributed by atoms with Crippen LogP contribution < -0.4 is 0 Å². The quantitative estimate of drug-likeness (QED) is 0.594. The van der Waals surface area contributed by atoms with Crippen molar-refractivity contribution in [2.24, 2.45) is 0 Å². The van der Waals surface area contributed by atoms with Crippen molar-refractivity contribution in [3.63, 3.8) is 0 Å². The smallest absolute Gasteiger partial charge is 0.295 e. The minimum atomic E-state index is -0.489. The first-order chi connectivity index (χ1) is 9.49. The van der Waals surface area contributed by atoms with Gasteiger partial charge in [0.15, 0.2) is 0 Å². The number of amides is 2. The molecule has 1 saturated heterocycles. The molecule has 0 spiro atoms. The summed E-state index contributed by atoms with van der Waals surface area (Å²) >= 11 is 0. The van der Waals surface area contributed by atoms with Gasteiger partial charge in [0.1, 0.15) is 0 Å². The molecule has 5 heteroatoms. The molecule has 0 aromatic heterocycles. The van der Waals surface area contributed by atoms with Crippen molar-refractivity contribution in [3.8, 4) is 0 Å². The van der Waals surface area contributed by atoms with E-state index in [-0.39, 0.29) is 5.91 Å². The van der Waals surface area contributed by atoms with Crippen molar-refractivity contribution >= 4 is 17.6 Å². The number of benzene rings is 1. The Kier molecular flexibility index (Phi) is 4.17. The van der Waals surface area contributed by atoms with E-state index in [4.69, 9.17) is 0 Å². The summed E-state index contributed by atoms with van der Waals surface area (Å²) in [7, 11) is 0. The van der Waals surface area contributed by atoms with E-state index in [1.807, 2.05) is 19.1 Å². The second kappa shape index (κ2) is 5.86. The number of Topliss-reactive ketones (excluding diaryl/α,β-unsaturated/α-hetero) is 1. The maximum Gasteiger partial charge on any atom is 0.295 e. The van der Waals surface area contributed by atoms with Gasteiger partial charge in [-0.05, 0) is 6.92 Å². The molecular weight excluding hydrogens is 256 g/mol. The van der Waals surface area contributed by atoms with Crippen molar-refractivity contribution < 1.29 is 14.4 Å². The van der Waals surface area contributed by atoms with E-state index in [1.54, 1.807) is 17.0 Å². The van der Waals surface area contributed by atoms with Gasteiger partial charge >= 0.3 is 0 Å². The molecule has 1 aromatic carbocycles. The summed E-state index contributed by atoms with van der Waals surface area (Å²) in [6.45, 7) is 5.24. The predicted octanol–water partition coefficient (Wildman–Crippen LogP) is 0.868. The average Bonchev–Trinajstić information content (AvgIpc) is 2.46. The van der Waals surface area contributed by atoms with Gasteiger partial charge in [0.25, 0.3) is 5.91 Å². The first kappa shape index (κ1) is 14.2. The Hall–Kier alpha value is -2.17. The van der Waals surface area contributed by atoms with Crippen molar-refractivity contribution in [1.29, 1.82) is 0 Å². The zero-order valence-electron chi connectivity index (χ0n) is 11.8. The molecule has 5 nitrogen and oxygen atoms in total. The van der Waals surface area contributed by atoms with Gasteiger partial charge in [-0.3, -0.25) is 14.4 Å². The third-order valence-electron chi connectivity index (χ3n) is 3.52. The molecule has 1 fully saturated rings. The average molecular weight is 274 g/mol. The van der Waals surface area contributed by atoms with Crippen molar-refractivity contribution in [2.75, 3.05) is 26.2 Å². The highest BCUT2D eigenvalue weighted by atomic mass is 16.2. The largest absolute Gasteiger partial charge is 0.339 e. The number of piperazine rings is 1. The Labute approximate surface area is 118 Å². The first-order valence-electron chi connectivity index (χ1n) is 6.65. The number of nitrogens with zero attached hydrogens (tertiary/aromatic N) is 2. The molecule has 106 valence electrons. The maximum absolute atomic E-state index is 12.1. The van der Waals surface area contributed by atoms with Crippen LogP contribution in [0.1, 0.15) is 22.8 Å². The van der Waals surface area contributed by atoms with E-state index in [9.17, 15) is 14.4 Å². The van der Waals surface area contributed by atoms with Gasteiger partial charge in [0, 0.05) is 38.7 Å². The predicted molar refractivity (Wildman–Crippen MR) is 74.3 cm³/mol. The second-order valence-electron chi connectivity index (χ2n) is 4.99. The van der Waals surface area contributed by atoms with Crippen LogP contribution in [0.15, 0.2) is 24.3 Å². The van der Waals surface area contributed by atoms with Crippen LogP contribution in [0, 0.1) is 6.92 Å². The molecule has 2 amide bonds. The molecule has 0 bridgehead atoms. The van der Waals surface area contributed by atoms with Crippen molar-refractivity contribution in [3.05, 3.63) is 35.4 Å². The molecule has 0 N–H and O–H groups in total. The van der Waals surface area contributed by atoms with Gasteiger partial charge in [0.05, 0.1) is 0 Å². The lowest BCUT2D eigenvalue weighted by Gasteiger charge is -2.33. The third-order valence-corrected chi connectivity index (χ3v) is 3.52.